The molecule has 0 unspecified atom stereocenters. The SMILES string of the molecule is CCC(N)(N)CC(C)(C)C. The summed E-state index contributed by atoms with van der Waals surface area (Å²) in [6.45, 7) is 8.47. The lowest BCUT2D eigenvalue weighted by Gasteiger charge is -2.30. The summed E-state index contributed by atoms with van der Waals surface area (Å²) in [4.78, 5) is 0. The second-order valence-corrected chi connectivity index (χ2v) is 4.32. The summed E-state index contributed by atoms with van der Waals surface area (Å²) in [5.74, 6) is 0. The van der Waals surface area contributed by atoms with E-state index < -0.39 is 5.66 Å². The van der Waals surface area contributed by atoms with Crippen molar-refractivity contribution in [1.29, 1.82) is 0 Å². The highest BCUT2D eigenvalue weighted by molar-refractivity contribution is 4.80. The summed E-state index contributed by atoms with van der Waals surface area (Å²) >= 11 is 0. The van der Waals surface area contributed by atoms with Crippen LogP contribution in [0.25, 0.3) is 0 Å². The van der Waals surface area contributed by atoms with Gasteiger partial charge in [-0.1, -0.05) is 27.7 Å². The van der Waals surface area contributed by atoms with Crippen molar-refractivity contribution in [2.45, 2.75) is 46.2 Å². The zero-order valence-corrected chi connectivity index (χ0v) is 7.57. The van der Waals surface area contributed by atoms with Crippen LogP contribution in [0.2, 0.25) is 0 Å². The van der Waals surface area contributed by atoms with Crippen molar-refractivity contribution in [2.24, 2.45) is 16.9 Å². The van der Waals surface area contributed by atoms with Crippen molar-refractivity contribution in [2.75, 3.05) is 0 Å². The van der Waals surface area contributed by atoms with Gasteiger partial charge >= 0.3 is 0 Å². The number of hydrogen-bond acceptors (Lipinski definition) is 2. The Labute approximate surface area is 64.0 Å². The van der Waals surface area contributed by atoms with Gasteiger partial charge in [0.15, 0.2) is 0 Å². The predicted octanol–water partition coefficient (Wildman–Crippen LogP) is 1.45. The molecule has 0 saturated heterocycles. The molecule has 0 aromatic rings. The van der Waals surface area contributed by atoms with Crippen LogP contribution < -0.4 is 11.5 Å². The fraction of sp³-hybridized carbons (Fsp3) is 1.00. The molecule has 0 fully saturated rings. The lowest BCUT2D eigenvalue weighted by Crippen LogP contribution is -2.51. The summed E-state index contributed by atoms with van der Waals surface area (Å²) in [5.41, 5.74) is 11.3. The Kier molecular flexibility index (Phi) is 2.86. The van der Waals surface area contributed by atoms with E-state index >= 15 is 0 Å². The molecule has 0 aliphatic carbocycles. The van der Waals surface area contributed by atoms with Crippen molar-refractivity contribution >= 4 is 0 Å². The van der Waals surface area contributed by atoms with E-state index in [1.54, 1.807) is 0 Å². The van der Waals surface area contributed by atoms with E-state index in [2.05, 4.69) is 20.8 Å². The molecule has 0 radical (unpaired) electrons. The smallest absolute Gasteiger partial charge is 0.0639 e. The summed E-state index contributed by atoms with van der Waals surface area (Å²) in [5, 5.41) is 0. The van der Waals surface area contributed by atoms with Crippen LogP contribution in [0, 0.1) is 5.41 Å². The second kappa shape index (κ2) is 2.89. The molecule has 0 saturated carbocycles. The number of hydrogen-bond donors (Lipinski definition) is 2. The molecule has 0 heterocycles. The van der Waals surface area contributed by atoms with Crippen LogP contribution in [0.3, 0.4) is 0 Å². The summed E-state index contributed by atoms with van der Waals surface area (Å²) in [6, 6.07) is 0. The first kappa shape index (κ1) is 9.92. The first-order chi connectivity index (χ1) is 4.27. The van der Waals surface area contributed by atoms with E-state index in [0.29, 0.717) is 0 Å². The molecule has 4 N–H and O–H groups in total. The molecular weight excluding hydrogens is 124 g/mol. The van der Waals surface area contributed by atoms with Gasteiger partial charge in [0, 0.05) is 0 Å². The molecule has 0 spiro atoms. The van der Waals surface area contributed by atoms with Crippen molar-refractivity contribution in [3.8, 4) is 0 Å². The lowest BCUT2D eigenvalue weighted by atomic mass is 9.84. The standard InChI is InChI=1S/C8H20N2/c1-5-8(9,10)6-7(2,3)4/h5-6,9-10H2,1-4H3. The summed E-state index contributed by atoms with van der Waals surface area (Å²) in [7, 11) is 0. The van der Waals surface area contributed by atoms with Crippen LogP contribution >= 0.6 is 0 Å². The maximum absolute atomic E-state index is 5.78. The molecule has 0 aromatic carbocycles. The van der Waals surface area contributed by atoms with Gasteiger partial charge in [-0.3, -0.25) is 0 Å². The van der Waals surface area contributed by atoms with Crippen molar-refractivity contribution < 1.29 is 0 Å². The van der Waals surface area contributed by atoms with E-state index in [-0.39, 0.29) is 5.41 Å². The Bertz CT molecular complexity index is 100. The number of nitrogens with two attached hydrogens (primary N) is 2. The van der Waals surface area contributed by atoms with Crippen LogP contribution in [0.5, 0.6) is 0 Å². The van der Waals surface area contributed by atoms with Gasteiger partial charge in [0.1, 0.15) is 0 Å². The van der Waals surface area contributed by atoms with Gasteiger partial charge in [-0.2, -0.15) is 0 Å². The minimum atomic E-state index is -0.474. The third-order valence-electron chi connectivity index (χ3n) is 1.52. The molecule has 0 rings (SSSR count). The highest BCUT2D eigenvalue weighted by Gasteiger charge is 2.24. The van der Waals surface area contributed by atoms with E-state index in [0.717, 1.165) is 12.8 Å². The lowest BCUT2D eigenvalue weighted by molar-refractivity contribution is 0.253. The molecule has 10 heavy (non-hydrogen) atoms. The molecule has 0 aromatic heterocycles. The first-order valence-corrected chi connectivity index (χ1v) is 3.85. The fourth-order valence-electron chi connectivity index (χ4n) is 1.11. The highest BCUT2D eigenvalue weighted by atomic mass is 14.9. The van der Waals surface area contributed by atoms with Gasteiger partial charge in [0.2, 0.25) is 0 Å². The first-order valence-electron chi connectivity index (χ1n) is 3.85. The fourth-order valence-corrected chi connectivity index (χ4v) is 1.11. The average Bonchev–Trinajstić information content (AvgIpc) is 1.60. The van der Waals surface area contributed by atoms with E-state index in [1.165, 1.54) is 0 Å². The molecular formula is C8H20N2. The Morgan fingerprint density at radius 1 is 1.10 bits per heavy atom. The van der Waals surface area contributed by atoms with E-state index in [1.807, 2.05) is 6.92 Å². The van der Waals surface area contributed by atoms with Crippen molar-refractivity contribution in [1.82, 2.24) is 0 Å². The largest absolute Gasteiger partial charge is 0.313 e. The molecule has 0 atom stereocenters. The quantitative estimate of drug-likeness (QED) is 0.576. The zero-order chi connectivity index (χ0) is 8.41. The van der Waals surface area contributed by atoms with E-state index in [4.69, 9.17) is 11.5 Å². The minimum absolute atomic E-state index is 0.236. The molecule has 2 heteroatoms. The molecule has 0 aliphatic rings. The topological polar surface area (TPSA) is 52.0 Å². The van der Waals surface area contributed by atoms with Gasteiger partial charge in [-0.05, 0) is 18.3 Å². The second-order valence-electron chi connectivity index (χ2n) is 4.32. The zero-order valence-electron chi connectivity index (χ0n) is 7.57. The van der Waals surface area contributed by atoms with Gasteiger partial charge in [0.25, 0.3) is 0 Å². The maximum Gasteiger partial charge on any atom is 0.0639 e. The van der Waals surface area contributed by atoms with Crippen LogP contribution in [-0.2, 0) is 0 Å². The van der Waals surface area contributed by atoms with Gasteiger partial charge < -0.3 is 11.5 Å². The molecule has 0 bridgehead atoms. The van der Waals surface area contributed by atoms with Crippen LogP contribution in [0.1, 0.15) is 40.5 Å². The van der Waals surface area contributed by atoms with Crippen LogP contribution in [0.15, 0.2) is 0 Å². The normalized spacial score (nSPS) is 13.8. The summed E-state index contributed by atoms with van der Waals surface area (Å²) in [6.07, 6.45) is 1.71. The Morgan fingerprint density at radius 2 is 1.50 bits per heavy atom. The van der Waals surface area contributed by atoms with Crippen LogP contribution in [-0.4, -0.2) is 5.66 Å². The summed E-state index contributed by atoms with van der Waals surface area (Å²) < 4.78 is 0. The third kappa shape index (κ3) is 4.77. The Hall–Kier alpha value is -0.0800. The highest BCUT2D eigenvalue weighted by Crippen LogP contribution is 2.24. The monoisotopic (exact) mass is 144 g/mol. The Morgan fingerprint density at radius 3 is 1.60 bits per heavy atom. The molecule has 0 amide bonds. The van der Waals surface area contributed by atoms with Gasteiger partial charge in [-0.15, -0.1) is 0 Å². The molecule has 2 nitrogen and oxygen atoms in total. The average molecular weight is 144 g/mol. The van der Waals surface area contributed by atoms with Crippen molar-refractivity contribution in [3.63, 3.8) is 0 Å². The molecule has 62 valence electrons. The predicted molar refractivity (Wildman–Crippen MR) is 45.5 cm³/mol. The van der Waals surface area contributed by atoms with Crippen molar-refractivity contribution in [3.05, 3.63) is 0 Å². The third-order valence-corrected chi connectivity index (χ3v) is 1.52. The Balaban J connectivity index is 3.89. The number of rotatable bonds is 2. The molecule has 0 aliphatic heterocycles. The van der Waals surface area contributed by atoms with Crippen LogP contribution in [0.4, 0.5) is 0 Å². The van der Waals surface area contributed by atoms with Gasteiger partial charge in [-0.25, -0.2) is 0 Å². The van der Waals surface area contributed by atoms with E-state index in [9.17, 15) is 0 Å². The maximum atomic E-state index is 5.78. The minimum Gasteiger partial charge on any atom is -0.313 e. The van der Waals surface area contributed by atoms with Gasteiger partial charge in [0.05, 0.1) is 5.66 Å².